The smallest absolute Gasteiger partial charge is 0.102 e. The van der Waals surface area contributed by atoms with E-state index in [-0.39, 0.29) is 11.6 Å². The van der Waals surface area contributed by atoms with Gasteiger partial charge in [-0.1, -0.05) is 60.7 Å². The average Bonchev–Trinajstić information content (AvgIpc) is 2.91. The van der Waals surface area contributed by atoms with Crippen LogP contribution in [0.1, 0.15) is 24.1 Å². The van der Waals surface area contributed by atoms with Crippen molar-refractivity contribution in [2.75, 3.05) is 6.61 Å². The summed E-state index contributed by atoms with van der Waals surface area (Å²) in [5.74, 6) is 0. The van der Waals surface area contributed by atoms with Gasteiger partial charge >= 0.3 is 0 Å². The van der Waals surface area contributed by atoms with E-state index in [1.54, 1.807) is 6.34 Å². The molecule has 21 heavy (non-hydrogen) atoms. The van der Waals surface area contributed by atoms with Crippen molar-refractivity contribution in [3.63, 3.8) is 0 Å². The van der Waals surface area contributed by atoms with Gasteiger partial charge in [0.05, 0.1) is 25.1 Å². The third-order valence-corrected chi connectivity index (χ3v) is 3.85. The highest BCUT2D eigenvalue weighted by atomic mass is 16.5. The van der Waals surface area contributed by atoms with Crippen LogP contribution < -0.4 is 5.32 Å². The molecule has 0 saturated heterocycles. The monoisotopic (exact) mass is 280 g/mol. The van der Waals surface area contributed by atoms with Gasteiger partial charge in [0, 0.05) is 0 Å². The predicted molar refractivity (Wildman–Crippen MR) is 85.3 cm³/mol. The van der Waals surface area contributed by atoms with Gasteiger partial charge in [0.15, 0.2) is 0 Å². The quantitative estimate of drug-likeness (QED) is 0.911. The fraction of sp³-hybridized carbons (Fsp3) is 0.278. The molecular formula is C18H20N2O. The van der Waals surface area contributed by atoms with Gasteiger partial charge in [-0.3, -0.25) is 4.99 Å². The van der Waals surface area contributed by atoms with Gasteiger partial charge in [-0.15, -0.1) is 0 Å². The minimum absolute atomic E-state index is 0.0921. The Bertz CT molecular complexity index is 597. The highest BCUT2D eigenvalue weighted by Crippen LogP contribution is 2.32. The van der Waals surface area contributed by atoms with Crippen LogP contribution in [-0.4, -0.2) is 18.5 Å². The molecular weight excluding hydrogens is 260 g/mol. The first-order valence-electron chi connectivity index (χ1n) is 7.24. The van der Waals surface area contributed by atoms with Crippen molar-refractivity contribution in [3.8, 4) is 0 Å². The lowest BCUT2D eigenvalue weighted by Gasteiger charge is -2.30. The van der Waals surface area contributed by atoms with E-state index in [2.05, 4.69) is 53.6 Å². The summed E-state index contributed by atoms with van der Waals surface area (Å²) in [6, 6.07) is 20.7. The summed E-state index contributed by atoms with van der Waals surface area (Å²) in [6.45, 7) is 3.39. The van der Waals surface area contributed by atoms with Crippen LogP contribution in [0.2, 0.25) is 0 Å². The second-order valence-electron chi connectivity index (χ2n) is 5.63. The van der Waals surface area contributed by atoms with Gasteiger partial charge in [0.1, 0.15) is 6.04 Å². The molecule has 0 radical (unpaired) electrons. The summed E-state index contributed by atoms with van der Waals surface area (Å²) >= 11 is 0. The third kappa shape index (κ3) is 3.14. The van der Waals surface area contributed by atoms with Crippen molar-refractivity contribution in [2.45, 2.75) is 25.1 Å². The number of hydrogen-bond acceptors (Lipinski definition) is 3. The van der Waals surface area contributed by atoms with Gasteiger partial charge in [-0.2, -0.15) is 0 Å². The Balaban J connectivity index is 1.64. The van der Waals surface area contributed by atoms with E-state index in [0.29, 0.717) is 13.2 Å². The lowest BCUT2D eigenvalue weighted by Crippen LogP contribution is -2.46. The second-order valence-corrected chi connectivity index (χ2v) is 5.63. The molecule has 0 amide bonds. The van der Waals surface area contributed by atoms with Gasteiger partial charge < -0.3 is 10.1 Å². The molecule has 2 atom stereocenters. The summed E-state index contributed by atoms with van der Waals surface area (Å²) in [5.41, 5.74) is 2.21. The predicted octanol–water partition coefficient (Wildman–Crippen LogP) is 3.33. The van der Waals surface area contributed by atoms with Crippen molar-refractivity contribution < 1.29 is 4.74 Å². The molecule has 0 spiro atoms. The molecule has 1 N–H and O–H groups in total. The standard InChI is InChI=1S/C18H20N2O/c1-18(13-21-12-15-8-4-2-5-9-15)17(19-14-20-18)16-10-6-3-7-11-16/h2-11,14,17H,12-13H2,1H3,(H,19,20). The van der Waals surface area contributed by atoms with Crippen LogP contribution in [0.5, 0.6) is 0 Å². The van der Waals surface area contributed by atoms with Gasteiger partial charge in [-0.05, 0) is 18.1 Å². The van der Waals surface area contributed by atoms with Crippen molar-refractivity contribution in [1.82, 2.24) is 5.32 Å². The van der Waals surface area contributed by atoms with Gasteiger partial charge in [-0.25, -0.2) is 0 Å². The number of rotatable bonds is 5. The summed E-state index contributed by atoms with van der Waals surface area (Å²) < 4.78 is 5.92. The van der Waals surface area contributed by atoms with E-state index in [4.69, 9.17) is 4.74 Å². The highest BCUT2D eigenvalue weighted by molar-refractivity contribution is 5.60. The molecule has 0 bridgehead atoms. The summed E-state index contributed by atoms with van der Waals surface area (Å²) in [7, 11) is 0. The van der Waals surface area contributed by atoms with Crippen molar-refractivity contribution in [3.05, 3.63) is 71.8 Å². The zero-order valence-corrected chi connectivity index (χ0v) is 12.2. The van der Waals surface area contributed by atoms with Crippen LogP contribution in [-0.2, 0) is 11.3 Å². The SMILES string of the molecule is CC1(COCc2ccccc2)NC=NC1c1ccccc1. The van der Waals surface area contributed by atoms with E-state index in [1.807, 2.05) is 24.3 Å². The van der Waals surface area contributed by atoms with E-state index in [1.165, 1.54) is 11.1 Å². The molecule has 108 valence electrons. The van der Waals surface area contributed by atoms with E-state index < -0.39 is 0 Å². The molecule has 2 aromatic rings. The van der Waals surface area contributed by atoms with Crippen LogP contribution in [0.4, 0.5) is 0 Å². The van der Waals surface area contributed by atoms with Gasteiger partial charge in [0.25, 0.3) is 0 Å². The van der Waals surface area contributed by atoms with Crippen LogP contribution in [0.3, 0.4) is 0 Å². The molecule has 3 nitrogen and oxygen atoms in total. The Morgan fingerprint density at radius 2 is 1.71 bits per heavy atom. The Morgan fingerprint density at radius 3 is 2.43 bits per heavy atom. The maximum atomic E-state index is 5.92. The molecule has 1 aliphatic heterocycles. The van der Waals surface area contributed by atoms with Crippen LogP contribution in [0.25, 0.3) is 0 Å². The lowest BCUT2D eigenvalue weighted by molar-refractivity contribution is 0.0662. The molecule has 2 aromatic carbocycles. The van der Waals surface area contributed by atoms with Crippen molar-refractivity contribution in [2.24, 2.45) is 4.99 Å². The number of benzene rings is 2. The van der Waals surface area contributed by atoms with E-state index >= 15 is 0 Å². The molecule has 0 aliphatic carbocycles. The molecule has 2 unspecified atom stereocenters. The number of nitrogens with zero attached hydrogens (tertiary/aromatic N) is 1. The molecule has 0 aromatic heterocycles. The van der Waals surface area contributed by atoms with Crippen LogP contribution in [0.15, 0.2) is 65.7 Å². The number of aliphatic imine (C=N–C) groups is 1. The minimum Gasteiger partial charge on any atom is -0.374 e. The lowest BCUT2D eigenvalue weighted by atomic mass is 9.89. The Kier molecular flexibility index (Phi) is 4.02. The summed E-state index contributed by atoms with van der Waals surface area (Å²) in [6.07, 6.45) is 1.80. The van der Waals surface area contributed by atoms with E-state index in [0.717, 1.165) is 0 Å². The largest absolute Gasteiger partial charge is 0.374 e. The molecule has 0 saturated carbocycles. The Hall–Kier alpha value is -2.13. The van der Waals surface area contributed by atoms with Gasteiger partial charge in [0.2, 0.25) is 0 Å². The van der Waals surface area contributed by atoms with Crippen molar-refractivity contribution >= 4 is 6.34 Å². The second kappa shape index (κ2) is 6.10. The fourth-order valence-corrected chi connectivity index (χ4v) is 2.67. The zero-order chi connectivity index (χ0) is 14.5. The number of hydrogen-bond donors (Lipinski definition) is 1. The third-order valence-electron chi connectivity index (χ3n) is 3.85. The molecule has 3 rings (SSSR count). The summed E-state index contributed by atoms with van der Waals surface area (Å²) in [4.78, 5) is 4.57. The normalized spacial score (nSPS) is 24.0. The first-order chi connectivity index (χ1) is 10.3. The molecule has 0 fully saturated rings. The Morgan fingerprint density at radius 1 is 1.05 bits per heavy atom. The van der Waals surface area contributed by atoms with Crippen molar-refractivity contribution in [1.29, 1.82) is 0 Å². The fourth-order valence-electron chi connectivity index (χ4n) is 2.67. The maximum absolute atomic E-state index is 5.92. The maximum Gasteiger partial charge on any atom is 0.102 e. The van der Waals surface area contributed by atoms with Crippen LogP contribution >= 0.6 is 0 Å². The molecule has 1 aliphatic rings. The highest BCUT2D eigenvalue weighted by Gasteiger charge is 2.38. The molecule has 3 heteroatoms. The van der Waals surface area contributed by atoms with E-state index in [9.17, 15) is 0 Å². The number of nitrogens with one attached hydrogen (secondary N) is 1. The number of ether oxygens (including phenoxy) is 1. The molecule has 1 heterocycles. The van der Waals surface area contributed by atoms with Crippen LogP contribution in [0, 0.1) is 0 Å². The topological polar surface area (TPSA) is 33.6 Å². The average molecular weight is 280 g/mol. The minimum atomic E-state index is -0.198. The zero-order valence-electron chi connectivity index (χ0n) is 12.2. The first-order valence-corrected chi connectivity index (χ1v) is 7.24. The Labute approximate surface area is 125 Å². The summed E-state index contributed by atoms with van der Waals surface area (Å²) in [5, 5.41) is 3.35. The first kappa shape index (κ1) is 13.8.